The van der Waals surface area contributed by atoms with E-state index in [1.807, 2.05) is 23.1 Å². The minimum Gasteiger partial charge on any atom is -0.375 e. The van der Waals surface area contributed by atoms with Gasteiger partial charge in [0.1, 0.15) is 0 Å². The third-order valence-corrected chi connectivity index (χ3v) is 4.38. The molecule has 2 amide bonds. The summed E-state index contributed by atoms with van der Waals surface area (Å²) in [4.78, 5) is 25.0. The van der Waals surface area contributed by atoms with E-state index in [0.717, 1.165) is 12.8 Å². The summed E-state index contributed by atoms with van der Waals surface area (Å²) in [5.74, 6) is 0.00524. The lowest BCUT2D eigenvalue weighted by molar-refractivity contribution is -0.105. The van der Waals surface area contributed by atoms with Crippen LogP contribution in [-0.2, 0) is 16.0 Å². The van der Waals surface area contributed by atoms with Gasteiger partial charge in [-0.05, 0) is 42.7 Å². The van der Waals surface area contributed by atoms with Gasteiger partial charge in [0.15, 0.2) is 0 Å². The van der Waals surface area contributed by atoms with Crippen molar-refractivity contribution in [3.8, 4) is 0 Å². The second-order valence-electron chi connectivity index (χ2n) is 6.11. The van der Waals surface area contributed by atoms with E-state index in [0.29, 0.717) is 37.4 Å². The first-order valence-electron chi connectivity index (χ1n) is 8.51. The van der Waals surface area contributed by atoms with Crippen LogP contribution < -0.4 is 5.32 Å². The molecule has 25 heavy (non-hydrogen) atoms. The van der Waals surface area contributed by atoms with Gasteiger partial charge in [-0.15, -0.1) is 0 Å². The van der Waals surface area contributed by atoms with Crippen molar-refractivity contribution in [2.24, 2.45) is 0 Å². The van der Waals surface area contributed by atoms with Crippen LogP contribution in [0.4, 0.5) is 5.69 Å². The molecule has 1 N–H and O–H groups in total. The number of morpholine rings is 1. The molecule has 5 heteroatoms. The first-order chi connectivity index (χ1) is 12.3. The highest BCUT2D eigenvalue weighted by Gasteiger charge is 2.24. The molecule has 0 bridgehead atoms. The van der Waals surface area contributed by atoms with E-state index in [9.17, 15) is 9.59 Å². The lowest BCUT2D eigenvalue weighted by atomic mass is 10.1. The Morgan fingerprint density at radius 2 is 1.92 bits per heavy atom. The lowest BCUT2D eigenvalue weighted by Crippen LogP contribution is -2.45. The van der Waals surface area contributed by atoms with Crippen LogP contribution in [0, 0.1) is 0 Å². The fourth-order valence-corrected chi connectivity index (χ4v) is 3.01. The normalized spacial score (nSPS) is 17.1. The number of carbonyl (C=O) groups is 2. The molecular formula is C20H22N2O3. The maximum Gasteiger partial charge on any atom is 0.254 e. The number of ether oxygens (including phenoxy) is 1. The van der Waals surface area contributed by atoms with Crippen LogP contribution in [0.1, 0.15) is 22.3 Å². The second-order valence-corrected chi connectivity index (χ2v) is 6.11. The highest BCUT2D eigenvalue weighted by Crippen LogP contribution is 2.16. The average Bonchev–Trinajstić information content (AvgIpc) is 2.68. The quantitative estimate of drug-likeness (QED) is 0.824. The summed E-state index contributed by atoms with van der Waals surface area (Å²) in [6.45, 7) is 1.78. The van der Waals surface area contributed by atoms with E-state index < -0.39 is 0 Å². The molecule has 0 saturated carbocycles. The fraction of sp³-hybridized carbons (Fsp3) is 0.300. The van der Waals surface area contributed by atoms with Crippen LogP contribution >= 0.6 is 0 Å². The standard InChI is InChI=1S/C20H22N2O3/c23-15-21-18-9-7-17(8-10-18)20(24)22-12-13-25-19(14-22)11-6-16-4-2-1-3-5-16/h1-5,7-10,15,19H,6,11-14H2,(H,21,23)/t19-/m1/s1. The minimum absolute atomic E-state index is 0.00524. The minimum atomic E-state index is 0.00524. The van der Waals surface area contributed by atoms with Gasteiger partial charge < -0.3 is 15.0 Å². The van der Waals surface area contributed by atoms with Crippen LogP contribution in [0.15, 0.2) is 54.6 Å². The zero-order chi connectivity index (χ0) is 17.5. The van der Waals surface area contributed by atoms with Crippen molar-refractivity contribution in [2.75, 3.05) is 25.0 Å². The molecule has 1 aliphatic heterocycles. The summed E-state index contributed by atoms with van der Waals surface area (Å²) in [5, 5.41) is 2.57. The number of amides is 2. The van der Waals surface area contributed by atoms with E-state index in [1.165, 1.54) is 5.56 Å². The molecule has 130 valence electrons. The van der Waals surface area contributed by atoms with E-state index in [2.05, 4.69) is 17.4 Å². The Bertz CT molecular complexity index is 701. The van der Waals surface area contributed by atoms with Gasteiger partial charge in [0.25, 0.3) is 5.91 Å². The van der Waals surface area contributed by atoms with Gasteiger partial charge in [-0.25, -0.2) is 0 Å². The van der Waals surface area contributed by atoms with Gasteiger partial charge in [-0.2, -0.15) is 0 Å². The number of anilines is 1. The summed E-state index contributed by atoms with van der Waals surface area (Å²) < 4.78 is 5.82. The first-order valence-corrected chi connectivity index (χ1v) is 8.51. The summed E-state index contributed by atoms with van der Waals surface area (Å²) in [6.07, 6.45) is 2.53. The van der Waals surface area contributed by atoms with Crippen molar-refractivity contribution < 1.29 is 14.3 Å². The van der Waals surface area contributed by atoms with E-state index in [4.69, 9.17) is 4.74 Å². The van der Waals surface area contributed by atoms with Gasteiger partial charge in [0.2, 0.25) is 6.41 Å². The van der Waals surface area contributed by atoms with Crippen molar-refractivity contribution in [2.45, 2.75) is 18.9 Å². The highest BCUT2D eigenvalue weighted by molar-refractivity contribution is 5.94. The Hall–Kier alpha value is -2.66. The molecular weight excluding hydrogens is 316 g/mol. The van der Waals surface area contributed by atoms with Crippen LogP contribution in [0.25, 0.3) is 0 Å². The Labute approximate surface area is 147 Å². The van der Waals surface area contributed by atoms with Gasteiger partial charge in [-0.3, -0.25) is 9.59 Å². The number of nitrogens with zero attached hydrogens (tertiary/aromatic N) is 1. The number of nitrogens with one attached hydrogen (secondary N) is 1. The average molecular weight is 338 g/mol. The zero-order valence-corrected chi connectivity index (χ0v) is 14.1. The molecule has 3 rings (SSSR count). The number of benzene rings is 2. The molecule has 1 aliphatic rings. The summed E-state index contributed by atoms with van der Waals surface area (Å²) in [6, 6.07) is 17.2. The second kappa shape index (κ2) is 8.44. The molecule has 0 unspecified atom stereocenters. The van der Waals surface area contributed by atoms with E-state index in [-0.39, 0.29) is 12.0 Å². The summed E-state index contributed by atoms with van der Waals surface area (Å²) >= 11 is 0. The molecule has 5 nitrogen and oxygen atoms in total. The van der Waals surface area contributed by atoms with Crippen molar-refractivity contribution in [1.82, 2.24) is 4.90 Å². The maximum absolute atomic E-state index is 12.7. The summed E-state index contributed by atoms with van der Waals surface area (Å²) in [5.41, 5.74) is 2.59. The summed E-state index contributed by atoms with van der Waals surface area (Å²) in [7, 11) is 0. The predicted molar refractivity (Wildman–Crippen MR) is 96.5 cm³/mol. The fourth-order valence-electron chi connectivity index (χ4n) is 3.01. The van der Waals surface area contributed by atoms with Crippen molar-refractivity contribution in [1.29, 1.82) is 0 Å². The Morgan fingerprint density at radius 1 is 1.16 bits per heavy atom. The highest BCUT2D eigenvalue weighted by atomic mass is 16.5. The largest absolute Gasteiger partial charge is 0.375 e. The van der Waals surface area contributed by atoms with Crippen molar-refractivity contribution >= 4 is 18.0 Å². The van der Waals surface area contributed by atoms with Gasteiger partial charge >= 0.3 is 0 Å². The SMILES string of the molecule is O=CNc1ccc(C(=O)N2CCO[C@H](CCc3ccccc3)C2)cc1. The van der Waals surface area contributed by atoms with Crippen LogP contribution in [-0.4, -0.2) is 43.0 Å². The molecule has 0 aromatic heterocycles. The van der Waals surface area contributed by atoms with Gasteiger partial charge in [0, 0.05) is 24.3 Å². The molecule has 2 aromatic rings. The van der Waals surface area contributed by atoms with Crippen LogP contribution in [0.2, 0.25) is 0 Å². The zero-order valence-electron chi connectivity index (χ0n) is 14.1. The predicted octanol–water partition coefficient (Wildman–Crippen LogP) is 2.73. The number of hydrogen-bond acceptors (Lipinski definition) is 3. The number of hydrogen-bond donors (Lipinski definition) is 1. The third kappa shape index (κ3) is 4.67. The van der Waals surface area contributed by atoms with E-state index >= 15 is 0 Å². The Morgan fingerprint density at radius 3 is 2.64 bits per heavy atom. The molecule has 1 heterocycles. The molecule has 1 saturated heterocycles. The lowest BCUT2D eigenvalue weighted by Gasteiger charge is -2.33. The molecule has 1 fully saturated rings. The third-order valence-electron chi connectivity index (χ3n) is 4.38. The van der Waals surface area contributed by atoms with Gasteiger partial charge in [-0.1, -0.05) is 30.3 Å². The molecule has 1 atom stereocenters. The monoisotopic (exact) mass is 338 g/mol. The van der Waals surface area contributed by atoms with Crippen molar-refractivity contribution in [3.63, 3.8) is 0 Å². The Kier molecular flexibility index (Phi) is 5.80. The number of rotatable bonds is 6. The number of aryl methyl sites for hydroxylation is 1. The van der Waals surface area contributed by atoms with Crippen LogP contribution in [0.5, 0.6) is 0 Å². The smallest absolute Gasteiger partial charge is 0.254 e. The maximum atomic E-state index is 12.7. The topological polar surface area (TPSA) is 58.6 Å². The molecule has 0 aliphatic carbocycles. The van der Waals surface area contributed by atoms with Crippen molar-refractivity contribution in [3.05, 3.63) is 65.7 Å². The molecule has 2 aromatic carbocycles. The molecule has 0 radical (unpaired) electrons. The Balaban J connectivity index is 1.56. The van der Waals surface area contributed by atoms with Crippen LogP contribution in [0.3, 0.4) is 0 Å². The first kappa shape index (κ1) is 17.2. The van der Waals surface area contributed by atoms with Gasteiger partial charge in [0.05, 0.1) is 12.7 Å². The van der Waals surface area contributed by atoms with E-state index in [1.54, 1.807) is 24.3 Å². The molecule has 0 spiro atoms. The number of carbonyl (C=O) groups excluding carboxylic acids is 2.